The average molecular weight is 937 g/mol. The van der Waals surface area contributed by atoms with Crippen molar-refractivity contribution in [2.45, 2.75) is 62.7 Å². The molecule has 0 saturated heterocycles. The molecule has 0 aliphatic heterocycles. The van der Waals surface area contributed by atoms with E-state index in [0.29, 0.717) is 22.4 Å². The number of hydrogen-bond acceptors (Lipinski definition) is 23. The van der Waals surface area contributed by atoms with Gasteiger partial charge in [-0.2, -0.15) is 19.9 Å². The smallest absolute Gasteiger partial charge is 0.415 e. The van der Waals surface area contributed by atoms with Gasteiger partial charge in [-0.1, -0.05) is 30.0 Å². The molecule has 0 aliphatic carbocycles. The third-order valence-electron chi connectivity index (χ3n) is 8.62. The summed E-state index contributed by atoms with van der Waals surface area (Å²) in [6.07, 6.45) is -3.78. The van der Waals surface area contributed by atoms with Gasteiger partial charge in [-0.3, -0.25) is 34.2 Å². The Labute approximate surface area is 372 Å². The van der Waals surface area contributed by atoms with Crippen molar-refractivity contribution in [3.8, 4) is 11.5 Å². The average Bonchev–Trinajstić information content (AvgIpc) is 3.26. The van der Waals surface area contributed by atoms with E-state index in [9.17, 15) is 44.6 Å². The van der Waals surface area contributed by atoms with E-state index in [4.69, 9.17) is 39.9 Å². The van der Waals surface area contributed by atoms with Crippen LogP contribution in [0.3, 0.4) is 0 Å². The number of benzene rings is 2. The molecule has 1 amide bonds. The largest absolute Gasteiger partial charge is 0.488 e. The molecule has 0 bridgehead atoms. The minimum absolute atomic E-state index is 0.0221. The predicted octanol–water partition coefficient (Wildman–Crippen LogP) is 2.49. The van der Waals surface area contributed by atoms with Crippen LogP contribution in [0.4, 0.5) is 39.4 Å². The monoisotopic (exact) mass is 936 g/mol. The fourth-order valence-electron chi connectivity index (χ4n) is 5.67. The summed E-state index contributed by atoms with van der Waals surface area (Å²) < 4.78 is 45.6. The van der Waals surface area contributed by atoms with E-state index in [2.05, 4.69) is 19.9 Å². The molecule has 0 fully saturated rings. The summed E-state index contributed by atoms with van der Waals surface area (Å²) in [6.45, 7) is 1.78. The molecule has 0 saturated carbocycles. The quantitative estimate of drug-likeness (QED) is 0.0209. The second kappa shape index (κ2) is 24.1. The Balaban J connectivity index is 1.73. The minimum atomic E-state index is -2.13. The van der Waals surface area contributed by atoms with Crippen LogP contribution in [0, 0.1) is 20.2 Å². The van der Waals surface area contributed by atoms with E-state index >= 15 is 0 Å². The van der Waals surface area contributed by atoms with Gasteiger partial charge < -0.3 is 55.2 Å². The molecule has 0 spiro atoms. The van der Waals surface area contributed by atoms with Crippen molar-refractivity contribution >= 4 is 63.3 Å². The van der Waals surface area contributed by atoms with E-state index in [1.807, 2.05) is 0 Å². The van der Waals surface area contributed by atoms with Gasteiger partial charge in [-0.25, -0.2) is 4.79 Å². The second-order valence-electron chi connectivity index (χ2n) is 13.0. The molecule has 0 aliphatic rings. The van der Waals surface area contributed by atoms with Gasteiger partial charge in [-0.05, 0) is 67.5 Å². The summed E-state index contributed by atoms with van der Waals surface area (Å²) in [5.41, 5.74) is 11.7. The maximum absolute atomic E-state index is 14.0. The molecule has 4 aromatic rings. The van der Waals surface area contributed by atoms with Gasteiger partial charge in [0.1, 0.15) is 24.7 Å². The predicted molar refractivity (Wildman–Crippen MR) is 230 cm³/mol. The topological polar surface area (TPSA) is 347 Å². The van der Waals surface area contributed by atoms with Crippen molar-refractivity contribution in [3.63, 3.8) is 0 Å². The first-order chi connectivity index (χ1) is 30.5. The zero-order valence-electron chi connectivity index (χ0n) is 35.2. The summed E-state index contributed by atoms with van der Waals surface area (Å²) in [7, 11) is 0.419. The highest BCUT2D eigenvalue weighted by Crippen LogP contribution is 2.36. The number of aryl methyl sites for hydroxylation is 1. The fraction of sp³-hybridized carbons (Fsp3) is 0.432. The Kier molecular flexibility index (Phi) is 19.1. The van der Waals surface area contributed by atoms with Gasteiger partial charge in [0.25, 0.3) is 0 Å². The first kappa shape index (κ1) is 50.6. The lowest BCUT2D eigenvalue weighted by Crippen LogP contribution is -2.38. The second-order valence-corrected chi connectivity index (χ2v) is 15.2. The first-order valence-electron chi connectivity index (χ1n) is 19.0. The molecule has 2 aromatic carbocycles. The van der Waals surface area contributed by atoms with Crippen molar-refractivity contribution in [3.05, 3.63) is 79.4 Å². The third kappa shape index (κ3) is 13.7. The van der Waals surface area contributed by atoms with Gasteiger partial charge in [0, 0.05) is 33.1 Å². The van der Waals surface area contributed by atoms with Crippen LogP contribution in [-0.4, -0.2) is 127 Å². The number of aliphatic hydroxyl groups excluding tert-OH is 3. The summed E-state index contributed by atoms with van der Waals surface area (Å²) in [5.74, 6) is -1.90. The van der Waals surface area contributed by atoms with Crippen molar-refractivity contribution in [1.82, 2.24) is 19.9 Å². The van der Waals surface area contributed by atoms with Gasteiger partial charge >= 0.3 is 17.5 Å². The number of ether oxygens (including phenoxy) is 6. The molecule has 27 heteroatoms. The molecule has 4 rings (SSSR count). The molecule has 0 radical (unpaired) electrons. The van der Waals surface area contributed by atoms with Crippen molar-refractivity contribution in [2.75, 3.05) is 73.9 Å². The van der Waals surface area contributed by atoms with E-state index in [1.165, 1.54) is 27.2 Å². The van der Waals surface area contributed by atoms with Crippen molar-refractivity contribution in [1.29, 1.82) is 0 Å². The Hall–Kier alpha value is -6.07. The summed E-state index contributed by atoms with van der Waals surface area (Å²) >= 11 is 1.03. The van der Waals surface area contributed by atoms with Gasteiger partial charge in [-0.15, -0.1) is 0 Å². The molecule has 4 atom stereocenters. The fourth-order valence-corrected chi connectivity index (χ4v) is 7.03. The minimum Gasteiger partial charge on any atom is -0.488 e. The standard InChI is InChI=1S/C37H48N10O15S2/c1-6-59-36(50)44(17-22-9-8-10-24(15-22)61-19-26(48)57-3)33-29(47(54)55)31(39)41-35(43-33)64(56)12-11-21-13-23(16-25(14-21)62-20-27(49)58-4)18-45(37(51)60-7-2)32-28(46(52)53)30(38)40-34(42-32)63-5/h8-10,13-16,26-27,36,48-50H,6-7,11-12,17-20H2,1-5H3,(H2,38,40,42)(H2,39,41,43). The number of nitrogens with two attached hydrogens (primary N) is 2. The van der Waals surface area contributed by atoms with Crippen LogP contribution >= 0.6 is 11.8 Å². The van der Waals surface area contributed by atoms with E-state index in [-0.39, 0.29) is 56.1 Å². The molecule has 348 valence electrons. The zero-order valence-corrected chi connectivity index (χ0v) is 36.9. The number of aliphatic hydroxyl groups is 3. The first-order valence-corrected chi connectivity index (χ1v) is 21.5. The Bertz CT molecular complexity index is 2280. The van der Waals surface area contributed by atoms with Crippen LogP contribution in [0.25, 0.3) is 0 Å². The number of nitrogens with zero attached hydrogens (tertiary/aromatic N) is 8. The molecule has 2 aromatic heterocycles. The maximum Gasteiger partial charge on any atom is 0.415 e. The summed E-state index contributed by atoms with van der Waals surface area (Å²) in [4.78, 5) is 54.6. The highest BCUT2D eigenvalue weighted by atomic mass is 32.2. The maximum atomic E-state index is 14.0. The highest BCUT2D eigenvalue weighted by molar-refractivity contribution is 7.98. The van der Waals surface area contributed by atoms with E-state index in [0.717, 1.165) is 21.6 Å². The molecule has 4 unspecified atom stereocenters. The molecule has 7 N–H and O–H groups in total. The Morgan fingerprint density at radius 2 is 1.44 bits per heavy atom. The van der Waals surface area contributed by atoms with Crippen LogP contribution in [0.2, 0.25) is 0 Å². The highest BCUT2D eigenvalue weighted by Gasteiger charge is 2.34. The lowest BCUT2D eigenvalue weighted by molar-refractivity contribution is -0.383. The van der Waals surface area contributed by atoms with Crippen LogP contribution in [0.15, 0.2) is 52.8 Å². The van der Waals surface area contributed by atoms with E-state index in [1.54, 1.807) is 49.6 Å². The molecule has 64 heavy (non-hydrogen) atoms. The molecular weight excluding hydrogens is 889 g/mol. The number of nitrogen functional groups attached to an aromatic ring is 2. The molecule has 25 nitrogen and oxygen atoms in total. The van der Waals surface area contributed by atoms with Crippen molar-refractivity contribution < 1.29 is 62.6 Å². The number of aromatic nitrogens is 4. The lowest BCUT2D eigenvalue weighted by Gasteiger charge is -2.28. The number of hydrogen-bond donors (Lipinski definition) is 5. The number of methoxy groups -OCH3 is 2. The lowest BCUT2D eigenvalue weighted by atomic mass is 10.1. The SMILES string of the molecule is CCOC(=O)N(Cc1cc(CCS(=O)c2nc(N)c([N+](=O)[O-])c(N(Cc3cccc(OCC(O)OC)c3)C(O)OCC)n2)cc(OCC(O)OC)c1)c1nc(SC)nc(N)c1[N+](=O)[O-]. The number of anilines is 4. The number of thioether (sulfide) groups is 1. The Morgan fingerprint density at radius 1 is 0.828 bits per heavy atom. The number of carbonyl (C=O) groups excluding carboxylic acids is 1. The number of rotatable bonds is 25. The van der Waals surface area contributed by atoms with Crippen molar-refractivity contribution in [2.24, 2.45) is 0 Å². The van der Waals surface area contributed by atoms with Crippen LogP contribution in [-0.2, 0) is 49.3 Å². The van der Waals surface area contributed by atoms with Gasteiger partial charge in [0.15, 0.2) is 17.7 Å². The Morgan fingerprint density at radius 3 is 2.05 bits per heavy atom. The third-order valence-corrected chi connectivity index (χ3v) is 10.3. The summed E-state index contributed by atoms with van der Waals surface area (Å²) in [6, 6.07) is 11.0. The number of nitro groups is 2. The van der Waals surface area contributed by atoms with E-state index < -0.39 is 92.1 Å². The number of amides is 1. The summed E-state index contributed by atoms with van der Waals surface area (Å²) in [5, 5.41) is 55.0. The zero-order chi connectivity index (χ0) is 47.1. The molecular formula is C37H48N10O15S2. The van der Waals surface area contributed by atoms with Gasteiger partial charge in [0.05, 0.1) is 33.8 Å². The van der Waals surface area contributed by atoms with Crippen LogP contribution < -0.4 is 30.7 Å². The molecule has 2 heterocycles. The van der Waals surface area contributed by atoms with Crippen LogP contribution in [0.1, 0.15) is 30.5 Å². The number of carbonyl (C=O) groups is 1. The normalized spacial score (nSPS) is 13.1. The van der Waals surface area contributed by atoms with Crippen LogP contribution in [0.5, 0.6) is 11.5 Å². The van der Waals surface area contributed by atoms with Gasteiger partial charge in [0.2, 0.25) is 34.8 Å².